The lowest BCUT2D eigenvalue weighted by Gasteiger charge is -2.34. The van der Waals surface area contributed by atoms with Gasteiger partial charge in [0, 0.05) is 45.0 Å². The fraction of sp³-hybridized carbons (Fsp3) is 0.444. The van der Waals surface area contributed by atoms with Gasteiger partial charge in [0.1, 0.15) is 11.5 Å². The van der Waals surface area contributed by atoms with Gasteiger partial charge in [-0.1, -0.05) is 6.07 Å². The molecule has 2 aromatic heterocycles. The molecule has 1 N–H and O–H groups in total. The quantitative estimate of drug-likeness (QED) is 0.847. The van der Waals surface area contributed by atoms with E-state index in [0.29, 0.717) is 6.54 Å². The third-order valence-electron chi connectivity index (χ3n) is 4.71. The highest BCUT2D eigenvalue weighted by Crippen LogP contribution is 2.18. The number of rotatable bonds is 3. The monoisotopic (exact) mass is 357 g/mol. The molecule has 1 unspecified atom stereocenters. The molecule has 1 aliphatic rings. The van der Waals surface area contributed by atoms with Gasteiger partial charge in [-0.25, -0.2) is 9.78 Å². The number of amides is 1. The van der Waals surface area contributed by atoms with Crippen molar-refractivity contribution in [3.63, 3.8) is 0 Å². The zero-order valence-corrected chi connectivity index (χ0v) is 15.2. The number of pyridine rings is 1. The van der Waals surface area contributed by atoms with Crippen LogP contribution >= 0.6 is 0 Å². The number of aryl methyl sites for hydroxylation is 1. The second kappa shape index (κ2) is 7.15. The minimum atomic E-state index is -0.517. The first-order chi connectivity index (χ1) is 12.4. The van der Waals surface area contributed by atoms with Crippen LogP contribution in [-0.2, 0) is 14.1 Å². The van der Waals surface area contributed by atoms with Crippen LogP contribution in [0.5, 0.6) is 0 Å². The average Bonchev–Trinajstić information content (AvgIpc) is 2.63. The van der Waals surface area contributed by atoms with Gasteiger partial charge in [0.25, 0.3) is 11.5 Å². The lowest BCUT2D eigenvalue weighted by atomic mass is 10.1. The third kappa shape index (κ3) is 3.54. The molecule has 1 saturated heterocycles. The number of hydrogen-bond donors (Lipinski definition) is 1. The van der Waals surface area contributed by atoms with Crippen molar-refractivity contribution in [1.29, 1.82) is 0 Å². The Balaban J connectivity index is 1.76. The second-order valence-electron chi connectivity index (χ2n) is 6.66. The van der Waals surface area contributed by atoms with Gasteiger partial charge >= 0.3 is 5.69 Å². The summed E-state index contributed by atoms with van der Waals surface area (Å²) in [4.78, 5) is 43.1. The molecule has 0 radical (unpaired) electrons. The summed E-state index contributed by atoms with van der Waals surface area (Å²) in [5.74, 6) is 0.483. The van der Waals surface area contributed by atoms with Crippen molar-refractivity contribution in [2.24, 2.45) is 14.1 Å². The molecule has 8 heteroatoms. The van der Waals surface area contributed by atoms with E-state index in [4.69, 9.17) is 0 Å². The van der Waals surface area contributed by atoms with Gasteiger partial charge in [-0.15, -0.1) is 0 Å². The maximum atomic E-state index is 12.6. The lowest BCUT2D eigenvalue weighted by Crippen LogP contribution is -2.49. The molecule has 8 nitrogen and oxygen atoms in total. The molecule has 0 aliphatic carbocycles. The normalized spacial score (nSPS) is 17.2. The maximum Gasteiger partial charge on any atom is 0.331 e. The van der Waals surface area contributed by atoms with Crippen LogP contribution in [0.1, 0.15) is 29.0 Å². The van der Waals surface area contributed by atoms with E-state index < -0.39 is 17.2 Å². The molecule has 26 heavy (non-hydrogen) atoms. The predicted octanol–water partition coefficient (Wildman–Crippen LogP) is 0.186. The van der Waals surface area contributed by atoms with Gasteiger partial charge in [0.2, 0.25) is 0 Å². The van der Waals surface area contributed by atoms with Gasteiger partial charge in [-0.05, 0) is 31.9 Å². The molecule has 1 amide bonds. The van der Waals surface area contributed by atoms with E-state index in [1.165, 1.54) is 24.7 Å². The highest BCUT2D eigenvalue weighted by Gasteiger charge is 2.24. The molecule has 0 spiro atoms. The Morgan fingerprint density at radius 3 is 2.73 bits per heavy atom. The molecule has 1 atom stereocenters. The van der Waals surface area contributed by atoms with Crippen LogP contribution < -0.4 is 21.5 Å². The summed E-state index contributed by atoms with van der Waals surface area (Å²) in [6.45, 7) is 3.47. The summed E-state index contributed by atoms with van der Waals surface area (Å²) in [6.07, 6.45) is 1.77. The molecular formula is C18H23N5O3. The number of aromatic nitrogens is 3. The summed E-state index contributed by atoms with van der Waals surface area (Å²) in [5, 5.41) is 2.95. The minimum Gasteiger partial charge on any atom is -0.355 e. The Morgan fingerprint density at radius 2 is 2.00 bits per heavy atom. The van der Waals surface area contributed by atoms with Gasteiger partial charge in [0.15, 0.2) is 0 Å². The van der Waals surface area contributed by atoms with Crippen molar-refractivity contribution in [3.05, 3.63) is 56.5 Å². The standard InChI is InChI=1S/C18H23N5O3/c1-12-6-4-8-15(19-12)23-9-5-7-13(11-23)20-17(25)14-10-16(24)22(3)18(26)21(14)2/h4,6,8,10,13H,5,7,9,11H2,1-3H3,(H,20,25). The van der Waals surface area contributed by atoms with E-state index in [-0.39, 0.29) is 11.7 Å². The Hall–Kier alpha value is -2.90. The fourth-order valence-electron chi connectivity index (χ4n) is 3.22. The predicted molar refractivity (Wildman–Crippen MR) is 98.6 cm³/mol. The minimum absolute atomic E-state index is 0.0716. The van der Waals surface area contributed by atoms with E-state index in [1.54, 1.807) is 0 Å². The van der Waals surface area contributed by atoms with Crippen molar-refractivity contribution in [3.8, 4) is 0 Å². The first kappa shape index (κ1) is 17.9. The summed E-state index contributed by atoms with van der Waals surface area (Å²) >= 11 is 0. The second-order valence-corrected chi connectivity index (χ2v) is 6.66. The van der Waals surface area contributed by atoms with Crippen LogP contribution in [0, 0.1) is 6.92 Å². The van der Waals surface area contributed by atoms with Gasteiger partial charge in [-0.3, -0.25) is 18.7 Å². The van der Waals surface area contributed by atoms with Crippen molar-refractivity contribution >= 4 is 11.7 Å². The van der Waals surface area contributed by atoms with Crippen LogP contribution in [0.4, 0.5) is 5.82 Å². The molecular weight excluding hydrogens is 334 g/mol. The number of piperidine rings is 1. The average molecular weight is 357 g/mol. The van der Waals surface area contributed by atoms with Crippen LogP contribution in [0.15, 0.2) is 33.9 Å². The zero-order chi connectivity index (χ0) is 18.8. The van der Waals surface area contributed by atoms with Gasteiger partial charge in [-0.2, -0.15) is 0 Å². The first-order valence-electron chi connectivity index (χ1n) is 8.63. The molecule has 0 aromatic carbocycles. The molecule has 0 bridgehead atoms. The fourth-order valence-corrected chi connectivity index (χ4v) is 3.22. The summed E-state index contributed by atoms with van der Waals surface area (Å²) in [6, 6.07) is 7.00. The van der Waals surface area contributed by atoms with Crippen molar-refractivity contribution in [2.45, 2.75) is 25.8 Å². The highest BCUT2D eigenvalue weighted by atomic mass is 16.2. The van der Waals surface area contributed by atoms with Crippen molar-refractivity contribution in [1.82, 2.24) is 19.4 Å². The van der Waals surface area contributed by atoms with Crippen LogP contribution in [0.25, 0.3) is 0 Å². The Kier molecular flexibility index (Phi) is 4.92. The lowest BCUT2D eigenvalue weighted by molar-refractivity contribution is 0.0922. The molecule has 1 aliphatic heterocycles. The smallest absolute Gasteiger partial charge is 0.331 e. The summed E-state index contributed by atoms with van der Waals surface area (Å²) < 4.78 is 2.17. The van der Waals surface area contributed by atoms with Crippen LogP contribution in [0.2, 0.25) is 0 Å². The molecule has 138 valence electrons. The molecule has 2 aromatic rings. The number of nitrogens with zero attached hydrogens (tertiary/aromatic N) is 4. The number of nitrogens with one attached hydrogen (secondary N) is 1. The third-order valence-corrected chi connectivity index (χ3v) is 4.71. The number of hydrogen-bond acceptors (Lipinski definition) is 5. The van der Waals surface area contributed by atoms with E-state index >= 15 is 0 Å². The topological polar surface area (TPSA) is 89.2 Å². The number of anilines is 1. The Labute approximate surface area is 151 Å². The zero-order valence-electron chi connectivity index (χ0n) is 15.2. The number of carbonyl (C=O) groups is 1. The van der Waals surface area contributed by atoms with E-state index in [1.807, 2.05) is 25.1 Å². The van der Waals surface area contributed by atoms with E-state index in [2.05, 4.69) is 15.2 Å². The van der Waals surface area contributed by atoms with E-state index in [0.717, 1.165) is 35.5 Å². The van der Waals surface area contributed by atoms with E-state index in [9.17, 15) is 14.4 Å². The van der Waals surface area contributed by atoms with Crippen LogP contribution in [0.3, 0.4) is 0 Å². The van der Waals surface area contributed by atoms with Gasteiger partial charge in [0.05, 0.1) is 0 Å². The first-order valence-corrected chi connectivity index (χ1v) is 8.63. The molecule has 3 heterocycles. The summed E-state index contributed by atoms with van der Waals surface area (Å²) in [7, 11) is 2.88. The maximum absolute atomic E-state index is 12.6. The largest absolute Gasteiger partial charge is 0.355 e. The van der Waals surface area contributed by atoms with Gasteiger partial charge < -0.3 is 10.2 Å². The molecule has 0 saturated carbocycles. The van der Waals surface area contributed by atoms with Crippen LogP contribution in [-0.4, -0.2) is 39.2 Å². The Morgan fingerprint density at radius 1 is 1.23 bits per heavy atom. The SMILES string of the molecule is Cc1cccc(N2CCCC(NC(=O)c3cc(=O)n(C)c(=O)n3C)C2)n1. The Bertz CT molecular complexity index is 947. The molecule has 3 rings (SSSR count). The molecule has 1 fully saturated rings. The summed E-state index contributed by atoms with van der Waals surface area (Å²) in [5.41, 5.74) is 0.0112. The van der Waals surface area contributed by atoms with Crippen molar-refractivity contribution < 1.29 is 4.79 Å². The van der Waals surface area contributed by atoms with Crippen molar-refractivity contribution in [2.75, 3.05) is 18.0 Å². The highest BCUT2D eigenvalue weighted by molar-refractivity contribution is 5.92. The number of carbonyl (C=O) groups excluding carboxylic acids is 1.